The van der Waals surface area contributed by atoms with E-state index in [4.69, 9.17) is 0 Å². The molecule has 0 aliphatic heterocycles. The van der Waals surface area contributed by atoms with E-state index in [9.17, 15) is 14.7 Å². The minimum absolute atomic E-state index is 0.0604. The Kier molecular flexibility index (Phi) is 5.28. The Labute approximate surface area is 175 Å². The van der Waals surface area contributed by atoms with E-state index in [1.54, 1.807) is 9.13 Å². The first-order valence-corrected chi connectivity index (χ1v) is 10.4. The van der Waals surface area contributed by atoms with E-state index >= 15 is 0 Å². The largest absolute Gasteiger partial charge is 0.481 e. The minimum atomic E-state index is -0.887. The number of hydrogen-bond acceptors (Lipinski definition) is 2. The van der Waals surface area contributed by atoms with Crippen LogP contribution in [-0.4, -0.2) is 32.6 Å². The number of aliphatic carboxylic acids is 1. The third-order valence-electron chi connectivity index (χ3n) is 5.83. The van der Waals surface area contributed by atoms with Gasteiger partial charge in [0, 0.05) is 30.2 Å². The Hall–Kier alpha value is -3.22. The number of nitrogens with zero attached hydrogens (tertiary/aromatic N) is 3. The van der Waals surface area contributed by atoms with E-state index in [0.29, 0.717) is 13.0 Å². The second kappa shape index (κ2) is 7.90. The summed E-state index contributed by atoms with van der Waals surface area (Å²) in [5.74, 6) is -0.887. The number of aromatic nitrogens is 3. The van der Waals surface area contributed by atoms with Crippen LogP contribution in [0.25, 0.3) is 21.9 Å². The zero-order chi connectivity index (χ0) is 21.4. The van der Waals surface area contributed by atoms with Gasteiger partial charge in [-0.15, -0.1) is 0 Å². The maximum Gasteiger partial charge on any atom is 0.329 e. The van der Waals surface area contributed by atoms with Crippen molar-refractivity contribution in [1.82, 2.24) is 13.7 Å². The number of para-hydroxylation sites is 2. The monoisotopic (exact) mass is 403 g/mol. The van der Waals surface area contributed by atoms with Crippen molar-refractivity contribution in [3.05, 3.63) is 64.7 Å². The van der Waals surface area contributed by atoms with Gasteiger partial charge in [0.1, 0.15) is 7.85 Å². The van der Waals surface area contributed by atoms with Gasteiger partial charge in [-0.05, 0) is 36.2 Å². The van der Waals surface area contributed by atoms with Gasteiger partial charge < -0.3 is 9.67 Å². The molecule has 4 rings (SSSR count). The van der Waals surface area contributed by atoms with Crippen LogP contribution < -0.4 is 11.2 Å². The van der Waals surface area contributed by atoms with Crippen LogP contribution in [0, 0.1) is 0 Å². The van der Waals surface area contributed by atoms with Crippen LogP contribution in [0.5, 0.6) is 0 Å². The molecule has 7 heteroatoms. The zero-order valence-electron chi connectivity index (χ0n) is 17.6. The molecule has 0 bridgehead atoms. The van der Waals surface area contributed by atoms with Crippen molar-refractivity contribution in [3.8, 4) is 0 Å². The average Bonchev–Trinajstić information content (AvgIpc) is 3.19. The second-order valence-electron chi connectivity index (χ2n) is 8.05. The van der Waals surface area contributed by atoms with Crippen molar-refractivity contribution in [2.75, 3.05) is 0 Å². The molecule has 0 saturated carbocycles. The number of carboxylic acid groups (broad SMARTS) is 1. The van der Waals surface area contributed by atoms with Gasteiger partial charge in [0.25, 0.3) is 0 Å². The lowest BCUT2D eigenvalue weighted by Gasteiger charge is -2.16. The van der Waals surface area contributed by atoms with Crippen LogP contribution in [0.1, 0.15) is 37.8 Å². The van der Waals surface area contributed by atoms with Gasteiger partial charge in [-0.2, -0.15) is 0 Å². The SMILES string of the molecule is Bc1cc(Cn2c(=O)n(C(CCC)CC(=O)O)c3ccccc32)c2ccn(C)c2c1. The van der Waals surface area contributed by atoms with Crippen molar-refractivity contribution in [1.29, 1.82) is 0 Å². The Morgan fingerprint density at radius 3 is 2.57 bits per heavy atom. The predicted octanol–water partition coefficient (Wildman–Crippen LogP) is 2.42. The highest BCUT2D eigenvalue weighted by molar-refractivity contribution is 6.33. The van der Waals surface area contributed by atoms with Crippen molar-refractivity contribution in [2.24, 2.45) is 7.05 Å². The van der Waals surface area contributed by atoms with Crippen molar-refractivity contribution in [2.45, 2.75) is 38.8 Å². The lowest BCUT2D eigenvalue weighted by Crippen LogP contribution is -2.29. The molecular formula is C23H26BN3O3. The minimum Gasteiger partial charge on any atom is -0.481 e. The first-order valence-electron chi connectivity index (χ1n) is 10.4. The highest BCUT2D eigenvalue weighted by atomic mass is 16.4. The van der Waals surface area contributed by atoms with Gasteiger partial charge in [-0.1, -0.05) is 37.0 Å². The molecule has 0 radical (unpaired) electrons. The lowest BCUT2D eigenvalue weighted by molar-refractivity contribution is -0.137. The Balaban J connectivity index is 1.90. The topological polar surface area (TPSA) is 69.2 Å². The summed E-state index contributed by atoms with van der Waals surface area (Å²) in [7, 11) is 4.08. The number of rotatable bonds is 7. The normalized spacial score (nSPS) is 12.6. The molecule has 2 aromatic carbocycles. The number of carbonyl (C=O) groups is 1. The zero-order valence-corrected chi connectivity index (χ0v) is 17.6. The second-order valence-corrected chi connectivity index (χ2v) is 8.05. The molecule has 0 amide bonds. The number of carboxylic acids is 1. The molecule has 2 aromatic heterocycles. The summed E-state index contributed by atoms with van der Waals surface area (Å²) >= 11 is 0. The summed E-state index contributed by atoms with van der Waals surface area (Å²) in [5.41, 5.74) is 4.84. The van der Waals surface area contributed by atoms with Gasteiger partial charge >= 0.3 is 11.7 Å². The molecule has 4 aromatic rings. The molecule has 0 fully saturated rings. The van der Waals surface area contributed by atoms with Crippen LogP contribution in [0.15, 0.2) is 53.5 Å². The van der Waals surface area contributed by atoms with Crippen molar-refractivity contribution >= 4 is 41.2 Å². The average molecular weight is 403 g/mol. The standard InChI is InChI=1S/C23H26BN3O3/c1-3-6-17(13-22(28)29)27-20-8-5-4-7-19(20)26(23(27)30)14-15-11-16(24)12-21-18(15)9-10-25(21)2/h4-5,7-12,17H,3,6,13-14,24H2,1-2H3,(H,28,29). The van der Waals surface area contributed by atoms with Crippen molar-refractivity contribution < 1.29 is 9.90 Å². The van der Waals surface area contributed by atoms with Gasteiger partial charge in [-0.3, -0.25) is 13.9 Å². The number of benzene rings is 2. The van der Waals surface area contributed by atoms with E-state index in [-0.39, 0.29) is 18.2 Å². The molecule has 0 saturated heterocycles. The van der Waals surface area contributed by atoms with E-state index in [0.717, 1.165) is 39.4 Å². The Bertz CT molecular complexity index is 1300. The van der Waals surface area contributed by atoms with Crippen LogP contribution in [0.3, 0.4) is 0 Å². The highest BCUT2D eigenvalue weighted by Gasteiger charge is 2.22. The van der Waals surface area contributed by atoms with Crippen LogP contribution in [-0.2, 0) is 18.4 Å². The van der Waals surface area contributed by atoms with Gasteiger partial charge in [-0.25, -0.2) is 4.79 Å². The van der Waals surface area contributed by atoms with E-state index in [1.807, 2.05) is 44.4 Å². The van der Waals surface area contributed by atoms with Crippen LogP contribution >= 0.6 is 0 Å². The first-order chi connectivity index (χ1) is 14.4. The summed E-state index contributed by atoms with van der Waals surface area (Å²) in [6.07, 6.45) is 3.43. The summed E-state index contributed by atoms with van der Waals surface area (Å²) < 4.78 is 5.55. The van der Waals surface area contributed by atoms with E-state index in [2.05, 4.69) is 30.6 Å². The molecule has 0 aliphatic rings. The van der Waals surface area contributed by atoms with Gasteiger partial charge in [0.15, 0.2) is 0 Å². The molecule has 1 atom stereocenters. The maximum absolute atomic E-state index is 13.5. The summed E-state index contributed by atoms with van der Waals surface area (Å²) in [5, 5.41) is 10.5. The van der Waals surface area contributed by atoms with Crippen LogP contribution in [0.2, 0.25) is 0 Å². The molecule has 0 aliphatic carbocycles. The molecule has 6 nitrogen and oxygen atoms in total. The smallest absolute Gasteiger partial charge is 0.329 e. The molecule has 2 heterocycles. The van der Waals surface area contributed by atoms with Gasteiger partial charge in [0.05, 0.1) is 24.0 Å². The van der Waals surface area contributed by atoms with Gasteiger partial charge in [0.2, 0.25) is 0 Å². The third kappa shape index (κ3) is 3.45. The Morgan fingerprint density at radius 2 is 1.87 bits per heavy atom. The Morgan fingerprint density at radius 1 is 1.13 bits per heavy atom. The molecule has 30 heavy (non-hydrogen) atoms. The fourth-order valence-corrected chi connectivity index (χ4v) is 4.50. The molecule has 154 valence electrons. The van der Waals surface area contributed by atoms with E-state index in [1.165, 1.54) is 0 Å². The fourth-order valence-electron chi connectivity index (χ4n) is 4.50. The van der Waals surface area contributed by atoms with E-state index < -0.39 is 5.97 Å². The number of imidazole rings is 1. The highest BCUT2D eigenvalue weighted by Crippen LogP contribution is 2.25. The molecule has 0 spiro atoms. The number of hydrogen-bond donors (Lipinski definition) is 1. The fraction of sp³-hybridized carbons (Fsp3) is 0.304. The molecular weight excluding hydrogens is 377 g/mol. The van der Waals surface area contributed by atoms with Crippen LogP contribution in [0.4, 0.5) is 0 Å². The number of aryl methyl sites for hydroxylation is 1. The lowest BCUT2D eigenvalue weighted by atomic mass is 9.92. The predicted molar refractivity (Wildman–Crippen MR) is 123 cm³/mol. The first kappa shape index (κ1) is 20.1. The molecule has 1 N–H and O–H groups in total. The summed E-state index contributed by atoms with van der Waals surface area (Å²) in [4.78, 5) is 25.0. The summed E-state index contributed by atoms with van der Waals surface area (Å²) in [6, 6.07) is 13.7. The third-order valence-corrected chi connectivity index (χ3v) is 5.83. The summed E-state index contributed by atoms with van der Waals surface area (Å²) in [6.45, 7) is 2.46. The van der Waals surface area contributed by atoms with Crippen molar-refractivity contribution in [3.63, 3.8) is 0 Å². The maximum atomic E-state index is 13.5. The quantitative estimate of drug-likeness (QED) is 0.482. The molecule has 1 unspecified atom stereocenters. The number of fused-ring (bicyclic) bond motifs is 2.